The van der Waals surface area contributed by atoms with Gasteiger partial charge in [0.05, 0.1) is 16.9 Å². The average molecular weight is 481 g/mol. The molecule has 0 saturated carbocycles. The topological polar surface area (TPSA) is 156 Å². The van der Waals surface area contributed by atoms with Crippen molar-refractivity contribution in [2.24, 2.45) is 0 Å². The lowest BCUT2D eigenvalue weighted by atomic mass is 10.1. The van der Waals surface area contributed by atoms with Gasteiger partial charge in [0.1, 0.15) is 41.9 Å². The molecule has 4 N–H and O–H groups in total. The van der Waals surface area contributed by atoms with Crippen LogP contribution in [-0.2, 0) is 4.74 Å². The van der Waals surface area contributed by atoms with E-state index in [0.717, 1.165) is 0 Å². The van der Waals surface area contributed by atoms with Gasteiger partial charge in [-0.05, 0) is 29.8 Å². The number of non-ortho nitro benzene ring substituents is 1. The predicted molar refractivity (Wildman–Crippen MR) is 122 cm³/mol. The van der Waals surface area contributed by atoms with Crippen LogP contribution >= 0.6 is 0 Å². The summed E-state index contributed by atoms with van der Waals surface area (Å²) in [7, 11) is 0. The Morgan fingerprint density at radius 2 is 1.91 bits per heavy atom. The Kier molecular flexibility index (Phi) is 5.86. The van der Waals surface area contributed by atoms with Gasteiger partial charge in [0.15, 0.2) is 6.23 Å². The number of hydrogen-bond donors (Lipinski definition) is 4. The van der Waals surface area contributed by atoms with Gasteiger partial charge in [-0.15, -0.1) is 0 Å². The van der Waals surface area contributed by atoms with E-state index in [1.54, 1.807) is 18.3 Å². The Morgan fingerprint density at radius 1 is 1.14 bits per heavy atom. The van der Waals surface area contributed by atoms with Crippen molar-refractivity contribution >= 4 is 28.2 Å². The first-order valence-electron chi connectivity index (χ1n) is 10.6. The van der Waals surface area contributed by atoms with E-state index in [1.807, 2.05) is 0 Å². The van der Waals surface area contributed by atoms with Gasteiger partial charge in [0.25, 0.3) is 5.69 Å². The van der Waals surface area contributed by atoms with Crippen LogP contribution in [0.4, 0.5) is 21.6 Å². The second-order valence-electron chi connectivity index (χ2n) is 8.04. The highest BCUT2D eigenvalue weighted by Crippen LogP contribution is 2.40. The lowest BCUT2D eigenvalue weighted by molar-refractivity contribution is -0.384. The molecular formula is C23H20FN5O6. The molecule has 3 heterocycles. The number of nitrogens with zero attached hydrogens (tertiary/aromatic N) is 4. The van der Waals surface area contributed by atoms with E-state index in [0.29, 0.717) is 33.7 Å². The predicted octanol–water partition coefficient (Wildman–Crippen LogP) is 2.50. The molecule has 5 rings (SSSR count). The molecular weight excluding hydrogens is 461 g/mol. The number of nitrogens with one attached hydrogen (secondary N) is 1. The largest absolute Gasteiger partial charge is 0.394 e. The van der Waals surface area contributed by atoms with Crippen molar-refractivity contribution in [2.75, 3.05) is 11.9 Å². The molecule has 1 fully saturated rings. The van der Waals surface area contributed by atoms with E-state index >= 15 is 0 Å². The molecule has 11 nitrogen and oxygen atoms in total. The summed E-state index contributed by atoms with van der Waals surface area (Å²) in [6.45, 7) is -0.502. The van der Waals surface area contributed by atoms with E-state index in [2.05, 4.69) is 15.3 Å². The number of nitro benzene ring substituents is 1. The van der Waals surface area contributed by atoms with E-state index < -0.39 is 41.9 Å². The van der Waals surface area contributed by atoms with Gasteiger partial charge < -0.3 is 29.9 Å². The summed E-state index contributed by atoms with van der Waals surface area (Å²) in [5, 5.41) is 45.3. The highest BCUT2D eigenvalue weighted by Gasteiger charge is 2.44. The fraction of sp³-hybridized carbons (Fsp3) is 0.217. The van der Waals surface area contributed by atoms with E-state index in [4.69, 9.17) is 4.74 Å². The molecule has 4 aromatic rings. The van der Waals surface area contributed by atoms with E-state index in [1.165, 1.54) is 47.3 Å². The molecule has 1 aliphatic rings. The number of aliphatic hydroxyl groups excluding tert-OH is 3. The Balaban J connectivity index is 1.70. The Bertz CT molecular complexity index is 1400. The molecule has 0 unspecified atom stereocenters. The zero-order chi connectivity index (χ0) is 24.7. The summed E-state index contributed by atoms with van der Waals surface area (Å²) in [5.74, 6) is -0.0789. The van der Waals surface area contributed by atoms with Gasteiger partial charge in [-0.1, -0.05) is 12.1 Å². The molecule has 1 aliphatic heterocycles. The van der Waals surface area contributed by atoms with Crippen molar-refractivity contribution in [2.45, 2.75) is 24.5 Å². The van der Waals surface area contributed by atoms with Gasteiger partial charge in [0, 0.05) is 29.6 Å². The minimum absolute atomic E-state index is 0.124. The normalized spacial score (nSPS) is 21.9. The fourth-order valence-electron chi connectivity index (χ4n) is 4.16. The Labute approximate surface area is 197 Å². The van der Waals surface area contributed by atoms with Crippen LogP contribution in [0.1, 0.15) is 6.23 Å². The third-order valence-corrected chi connectivity index (χ3v) is 5.88. The maximum atomic E-state index is 13.4. The second-order valence-corrected chi connectivity index (χ2v) is 8.04. The first-order valence-corrected chi connectivity index (χ1v) is 10.6. The summed E-state index contributed by atoms with van der Waals surface area (Å²) in [6, 6.07) is 11.6. The van der Waals surface area contributed by atoms with Crippen molar-refractivity contribution in [3.63, 3.8) is 0 Å². The van der Waals surface area contributed by atoms with Crippen LogP contribution in [0.5, 0.6) is 0 Å². The zero-order valence-electron chi connectivity index (χ0n) is 18.0. The second kappa shape index (κ2) is 9.00. The minimum atomic E-state index is -1.37. The standard InChI is InChI=1S/C23H20FN5O6/c24-13-4-6-14(7-5-13)27-21-18-16(12-2-1-3-15(8-12)29(33)34)9-28(22(18)26-11-25-21)23-20(32)19(31)17(10-30)35-23/h1-9,11,17,19-20,23,30-32H,10H2,(H,25,26,27)/t17-,19+,20+,23-/m1/s1. The summed E-state index contributed by atoms with van der Waals surface area (Å²) >= 11 is 0. The third kappa shape index (κ3) is 4.08. The molecule has 4 atom stereocenters. The average Bonchev–Trinajstić information content (AvgIpc) is 3.38. The van der Waals surface area contributed by atoms with Crippen LogP contribution in [-0.4, -0.2) is 59.7 Å². The highest BCUT2D eigenvalue weighted by molar-refractivity contribution is 6.02. The van der Waals surface area contributed by atoms with Gasteiger partial charge in [-0.2, -0.15) is 0 Å². The third-order valence-electron chi connectivity index (χ3n) is 5.88. The molecule has 2 aromatic heterocycles. The lowest BCUT2D eigenvalue weighted by Gasteiger charge is -2.17. The molecule has 0 bridgehead atoms. The number of aromatic nitrogens is 3. The Hall–Kier alpha value is -3.97. The van der Waals surface area contributed by atoms with Crippen LogP contribution in [0.2, 0.25) is 0 Å². The highest BCUT2D eigenvalue weighted by atomic mass is 19.1. The molecule has 0 spiro atoms. The minimum Gasteiger partial charge on any atom is -0.394 e. The van der Waals surface area contributed by atoms with Crippen LogP contribution in [0.25, 0.3) is 22.2 Å². The smallest absolute Gasteiger partial charge is 0.270 e. The molecule has 35 heavy (non-hydrogen) atoms. The number of rotatable bonds is 6. The maximum Gasteiger partial charge on any atom is 0.270 e. The number of ether oxygens (including phenoxy) is 1. The van der Waals surface area contributed by atoms with E-state index in [9.17, 15) is 29.8 Å². The SMILES string of the molecule is O=[N+]([O-])c1cccc(-c2cn([C@@H]3O[C@H](CO)[C@H](O)[C@@H]3O)c3ncnc(Nc4ccc(F)cc4)c23)c1. The monoisotopic (exact) mass is 481 g/mol. The maximum absolute atomic E-state index is 13.4. The van der Waals surface area contributed by atoms with Crippen LogP contribution < -0.4 is 5.32 Å². The van der Waals surface area contributed by atoms with Crippen molar-refractivity contribution in [1.29, 1.82) is 0 Å². The summed E-state index contributed by atoms with van der Waals surface area (Å²) < 4.78 is 20.6. The number of fused-ring (bicyclic) bond motifs is 1. The molecule has 0 amide bonds. The number of aliphatic hydroxyl groups is 3. The zero-order valence-corrected chi connectivity index (χ0v) is 18.0. The summed E-state index contributed by atoms with van der Waals surface area (Å²) in [5.41, 5.74) is 1.69. The quantitative estimate of drug-likeness (QED) is 0.240. The summed E-state index contributed by atoms with van der Waals surface area (Å²) in [4.78, 5) is 19.5. The molecule has 180 valence electrons. The summed E-state index contributed by atoms with van der Waals surface area (Å²) in [6.07, 6.45) is -1.93. The molecule has 12 heteroatoms. The van der Waals surface area contributed by atoms with Gasteiger partial charge >= 0.3 is 0 Å². The molecule has 2 aromatic carbocycles. The fourth-order valence-corrected chi connectivity index (χ4v) is 4.16. The molecule has 1 saturated heterocycles. The van der Waals surface area contributed by atoms with Crippen molar-refractivity contribution < 1.29 is 29.4 Å². The van der Waals surface area contributed by atoms with E-state index in [-0.39, 0.29) is 5.69 Å². The van der Waals surface area contributed by atoms with Crippen LogP contribution in [0.15, 0.2) is 61.1 Å². The Morgan fingerprint density at radius 3 is 2.60 bits per heavy atom. The van der Waals surface area contributed by atoms with Crippen molar-refractivity contribution in [3.8, 4) is 11.1 Å². The first kappa shape index (κ1) is 22.8. The lowest BCUT2D eigenvalue weighted by Crippen LogP contribution is -2.33. The number of halogens is 1. The number of hydrogen-bond acceptors (Lipinski definition) is 9. The van der Waals surface area contributed by atoms with Crippen molar-refractivity contribution in [1.82, 2.24) is 14.5 Å². The first-order chi connectivity index (χ1) is 16.9. The van der Waals surface area contributed by atoms with Gasteiger partial charge in [-0.25, -0.2) is 14.4 Å². The number of benzene rings is 2. The van der Waals surface area contributed by atoms with Gasteiger partial charge in [0.2, 0.25) is 0 Å². The van der Waals surface area contributed by atoms with Crippen LogP contribution in [0.3, 0.4) is 0 Å². The van der Waals surface area contributed by atoms with Crippen molar-refractivity contribution in [3.05, 3.63) is 77.0 Å². The number of anilines is 2. The van der Waals surface area contributed by atoms with Gasteiger partial charge in [-0.3, -0.25) is 10.1 Å². The molecule has 0 radical (unpaired) electrons. The molecule has 0 aliphatic carbocycles. The van der Waals surface area contributed by atoms with Crippen LogP contribution in [0, 0.1) is 15.9 Å². The number of nitro groups is 1.